The quantitative estimate of drug-likeness (QED) is 0.744. The van der Waals surface area contributed by atoms with Crippen molar-refractivity contribution in [1.82, 2.24) is 5.01 Å². The van der Waals surface area contributed by atoms with Gasteiger partial charge >= 0.3 is 0 Å². The molecule has 16 heavy (non-hydrogen) atoms. The Balaban J connectivity index is 2.30. The maximum absolute atomic E-state index is 11.5. The molecule has 1 aliphatic rings. The van der Waals surface area contributed by atoms with Crippen molar-refractivity contribution in [3.05, 3.63) is 48.6 Å². The third-order valence-electron chi connectivity index (χ3n) is 2.68. The van der Waals surface area contributed by atoms with Crippen molar-refractivity contribution in [2.75, 3.05) is 0 Å². The Hall–Kier alpha value is -1.90. The van der Waals surface area contributed by atoms with Crippen molar-refractivity contribution in [3.63, 3.8) is 0 Å². The molecule has 1 heterocycles. The van der Waals surface area contributed by atoms with E-state index in [0.717, 1.165) is 17.7 Å². The van der Waals surface area contributed by atoms with E-state index in [1.807, 2.05) is 30.3 Å². The molecule has 1 atom stereocenters. The zero-order valence-corrected chi connectivity index (χ0v) is 9.26. The highest BCUT2D eigenvalue weighted by Crippen LogP contribution is 2.30. The summed E-state index contributed by atoms with van der Waals surface area (Å²) in [7, 11) is 0. The minimum atomic E-state index is -0.0364. The van der Waals surface area contributed by atoms with Crippen LogP contribution in [0.5, 0.6) is 0 Å². The molecule has 1 aromatic rings. The Kier molecular flexibility index (Phi) is 2.86. The fraction of sp³-hybridized carbons (Fsp3) is 0.231. The second-order valence-electron chi connectivity index (χ2n) is 3.79. The molecule has 0 saturated heterocycles. The van der Waals surface area contributed by atoms with Gasteiger partial charge in [0.25, 0.3) is 0 Å². The number of hydrazone groups is 1. The van der Waals surface area contributed by atoms with Crippen LogP contribution in [0.3, 0.4) is 0 Å². The Bertz CT molecular complexity index is 437. The van der Waals surface area contributed by atoms with E-state index in [0.29, 0.717) is 0 Å². The normalized spacial score (nSPS) is 19.4. The van der Waals surface area contributed by atoms with E-state index < -0.39 is 0 Å². The molecule has 2 rings (SSSR count). The van der Waals surface area contributed by atoms with E-state index in [1.165, 1.54) is 11.9 Å². The van der Waals surface area contributed by atoms with Gasteiger partial charge in [0.15, 0.2) is 0 Å². The van der Waals surface area contributed by atoms with Gasteiger partial charge in [0, 0.05) is 13.3 Å². The molecule has 82 valence electrons. The topological polar surface area (TPSA) is 32.7 Å². The average Bonchev–Trinajstić information content (AvgIpc) is 2.74. The van der Waals surface area contributed by atoms with Crippen LogP contribution in [-0.2, 0) is 4.79 Å². The number of rotatable bonds is 2. The van der Waals surface area contributed by atoms with Crippen LogP contribution in [0.15, 0.2) is 48.1 Å². The molecule has 0 saturated carbocycles. The van der Waals surface area contributed by atoms with Crippen LogP contribution in [0.2, 0.25) is 0 Å². The number of nitrogens with zero attached hydrogens (tertiary/aromatic N) is 2. The van der Waals surface area contributed by atoms with E-state index in [2.05, 4.69) is 11.7 Å². The molecule has 1 aromatic carbocycles. The number of hydrogen-bond acceptors (Lipinski definition) is 2. The van der Waals surface area contributed by atoms with E-state index in [1.54, 1.807) is 6.08 Å². The summed E-state index contributed by atoms with van der Waals surface area (Å²) < 4.78 is 0. The predicted molar refractivity (Wildman–Crippen MR) is 64.0 cm³/mol. The summed E-state index contributed by atoms with van der Waals surface area (Å²) in [5.74, 6) is -0.0364. The minimum absolute atomic E-state index is 0.0201. The summed E-state index contributed by atoms with van der Waals surface area (Å²) in [6.07, 6.45) is 2.45. The second kappa shape index (κ2) is 4.31. The van der Waals surface area contributed by atoms with E-state index >= 15 is 0 Å². The van der Waals surface area contributed by atoms with E-state index in [4.69, 9.17) is 0 Å². The number of benzene rings is 1. The number of amides is 1. The van der Waals surface area contributed by atoms with Gasteiger partial charge in [-0.3, -0.25) is 4.79 Å². The number of carbonyl (C=O) groups is 1. The van der Waals surface area contributed by atoms with Crippen molar-refractivity contribution in [3.8, 4) is 0 Å². The average molecular weight is 214 g/mol. The lowest BCUT2D eigenvalue weighted by Crippen LogP contribution is -2.24. The molecule has 1 aliphatic heterocycles. The maximum atomic E-state index is 11.5. The molecule has 0 aliphatic carbocycles. The molecular weight excluding hydrogens is 200 g/mol. The van der Waals surface area contributed by atoms with Crippen LogP contribution >= 0.6 is 0 Å². The largest absolute Gasteiger partial charge is 0.273 e. The molecular formula is C13H14N2O. The molecule has 1 unspecified atom stereocenters. The van der Waals surface area contributed by atoms with Gasteiger partial charge in [-0.2, -0.15) is 5.10 Å². The highest BCUT2D eigenvalue weighted by atomic mass is 16.2. The number of carbonyl (C=O) groups excluding carboxylic acids is 1. The zero-order valence-electron chi connectivity index (χ0n) is 9.26. The summed E-state index contributed by atoms with van der Waals surface area (Å²) in [5.41, 5.74) is 1.97. The first-order valence-corrected chi connectivity index (χ1v) is 5.27. The van der Waals surface area contributed by atoms with Crippen molar-refractivity contribution in [1.29, 1.82) is 0 Å². The molecule has 0 bridgehead atoms. The number of hydrogen-bond donors (Lipinski definition) is 0. The first-order valence-electron chi connectivity index (χ1n) is 5.27. The molecule has 1 amide bonds. The maximum Gasteiger partial charge on any atom is 0.240 e. The van der Waals surface area contributed by atoms with Crippen molar-refractivity contribution in [2.45, 2.75) is 19.4 Å². The number of allylic oxidation sites excluding steroid dienone is 1. The van der Waals surface area contributed by atoms with Gasteiger partial charge < -0.3 is 0 Å². The van der Waals surface area contributed by atoms with Gasteiger partial charge in [0.05, 0.1) is 11.8 Å². The van der Waals surface area contributed by atoms with Gasteiger partial charge in [0.2, 0.25) is 5.91 Å². The van der Waals surface area contributed by atoms with Gasteiger partial charge in [0.1, 0.15) is 0 Å². The molecule has 0 spiro atoms. The summed E-state index contributed by atoms with van der Waals surface area (Å²) in [4.78, 5) is 11.5. The minimum Gasteiger partial charge on any atom is -0.273 e. The lowest BCUT2D eigenvalue weighted by atomic mass is 10.0. The predicted octanol–water partition coefficient (Wildman–Crippen LogP) is 2.52. The molecule has 0 radical (unpaired) electrons. The smallest absolute Gasteiger partial charge is 0.240 e. The summed E-state index contributed by atoms with van der Waals surface area (Å²) in [5, 5.41) is 5.78. The van der Waals surface area contributed by atoms with Crippen molar-refractivity contribution in [2.24, 2.45) is 5.10 Å². The lowest BCUT2D eigenvalue weighted by Gasteiger charge is -2.20. The third kappa shape index (κ3) is 1.89. The highest BCUT2D eigenvalue weighted by molar-refractivity contribution is 5.97. The van der Waals surface area contributed by atoms with Crippen LogP contribution < -0.4 is 0 Å². The van der Waals surface area contributed by atoms with Crippen LogP contribution in [0.1, 0.15) is 24.9 Å². The van der Waals surface area contributed by atoms with Crippen molar-refractivity contribution < 1.29 is 4.79 Å². The Morgan fingerprint density at radius 1 is 1.50 bits per heavy atom. The van der Waals surface area contributed by atoms with Crippen LogP contribution in [0, 0.1) is 0 Å². The van der Waals surface area contributed by atoms with Gasteiger partial charge in [-0.15, -0.1) is 0 Å². The molecule has 0 N–H and O–H groups in total. The zero-order chi connectivity index (χ0) is 11.5. The summed E-state index contributed by atoms with van der Waals surface area (Å²) >= 11 is 0. The second-order valence-corrected chi connectivity index (χ2v) is 3.79. The fourth-order valence-corrected chi connectivity index (χ4v) is 1.88. The van der Waals surface area contributed by atoms with E-state index in [-0.39, 0.29) is 11.9 Å². The Morgan fingerprint density at radius 3 is 2.75 bits per heavy atom. The summed E-state index contributed by atoms with van der Waals surface area (Å²) in [6.45, 7) is 5.23. The lowest BCUT2D eigenvalue weighted by molar-refractivity contribution is -0.130. The third-order valence-corrected chi connectivity index (χ3v) is 2.68. The molecule has 3 nitrogen and oxygen atoms in total. The highest BCUT2D eigenvalue weighted by Gasteiger charge is 2.29. The Morgan fingerprint density at radius 2 is 2.19 bits per heavy atom. The van der Waals surface area contributed by atoms with Crippen LogP contribution in [0.25, 0.3) is 0 Å². The Labute approximate surface area is 95.1 Å². The monoisotopic (exact) mass is 214 g/mol. The standard InChI is InChI=1S/C13H14N2O/c1-3-12-9-13(15(14-12)10(2)16)11-7-5-4-6-8-11/h3-8,13H,1,9H2,2H3. The molecule has 3 heteroatoms. The fourth-order valence-electron chi connectivity index (χ4n) is 1.88. The van der Waals surface area contributed by atoms with Crippen molar-refractivity contribution >= 4 is 11.6 Å². The van der Waals surface area contributed by atoms with E-state index in [9.17, 15) is 4.79 Å². The van der Waals surface area contributed by atoms with Gasteiger partial charge in [-0.25, -0.2) is 5.01 Å². The van der Waals surface area contributed by atoms with Gasteiger partial charge in [-0.1, -0.05) is 36.9 Å². The van der Waals surface area contributed by atoms with Crippen LogP contribution in [-0.4, -0.2) is 16.6 Å². The molecule has 0 aromatic heterocycles. The summed E-state index contributed by atoms with van der Waals surface area (Å²) in [6, 6.07) is 9.96. The molecule has 0 fully saturated rings. The first kappa shape index (κ1) is 10.6. The first-order chi connectivity index (χ1) is 7.72. The van der Waals surface area contributed by atoms with Gasteiger partial charge in [-0.05, 0) is 11.6 Å². The SMILES string of the molecule is C=CC1=NN(C(C)=O)C(c2ccccc2)C1. The van der Waals surface area contributed by atoms with Crippen LogP contribution in [0.4, 0.5) is 0 Å².